The maximum Gasteiger partial charge on any atom is 0.305 e. The lowest BCUT2D eigenvalue weighted by Gasteiger charge is -2.34. The van der Waals surface area contributed by atoms with E-state index in [4.69, 9.17) is 5.11 Å². The van der Waals surface area contributed by atoms with Crippen LogP contribution in [0.25, 0.3) is 0 Å². The fourth-order valence-electron chi connectivity index (χ4n) is 1.99. The van der Waals surface area contributed by atoms with Gasteiger partial charge >= 0.3 is 5.97 Å². The first-order valence-corrected chi connectivity index (χ1v) is 6.99. The number of aromatic nitrogens is 1. The van der Waals surface area contributed by atoms with E-state index in [1.807, 2.05) is 0 Å². The monoisotopic (exact) mass is 282 g/mol. The van der Waals surface area contributed by atoms with Crippen LogP contribution in [-0.4, -0.2) is 56.1 Å². The predicted octanol–water partition coefficient (Wildman–Crippen LogP) is 0.819. The first kappa shape index (κ1) is 13.7. The highest BCUT2D eigenvalue weighted by molar-refractivity contribution is 7.99. The summed E-state index contributed by atoms with van der Waals surface area (Å²) in [4.78, 5) is 28.5. The summed E-state index contributed by atoms with van der Waals surface area (Å²) in [5.74, 6) is -0.179. The molecular weight excluding hydrogens is 268 g/mol. The number of aliphatic carboxylic acids is 1. The molecule has 7 heteroatoms. The fourth-order valence-corrected chi connectivity index (χ4v) is 3.05. The minimum Gasteiger partial charge on any atom is -0.505 e. The van der Waals surface area contributed by atoms with Gasteiger partial charge in [-0.1, -0.05) is 0 Å². The molecule has 1 amide bonds. The molecule has 0 aromatic carbocycles. The first-order valence-electron chi connectivity index (χ1n) is 5.84. The number of aromatic hydroxyl groups is 1. The van der Waals surface area contributed by atoms with Crippen LogP contribution >= 0.6 is 11.8 Å². The Morgan fingerprint density at radius 2 is 2.32 bits per heavy atom. The van der Waals surface area contributed by atoms with Crippen LogP contribution in [0.1, 0.15) is 16.9 Å². The number of carboxylic acid groups (broad SMARTS) is 1. The Balaban J connectivity index is 2.20. The molecule has 2 heterocycles. The van der Waals surface area contributed by atoms with Gasteiger partial charge in [-0.25, -0.2) is 4.98 Å². The van der Waals surface area contributed by atoms with Crippen molar-refractivity contribution >= 4 is 23.6 Å². The molecule has 0 aliphatic carbocycles. The molecule has 2 rings (SSSR count). The maximum absolute atomic E-state index is 12.3. The van der Waals surface area contributed by atoms with E-state index in [1.54, 1.807) is 11.8 Å². The van der Waals surface area contributed by atoms with E-state index in [0.29, 0.717) is 12.3 Å². The Morgan fingerprint density at radius 3 is 3.00 bits per heavy atom. The Bertz CT molecular complexity index is 494. The minimum atomic E-state index is -0.935. The Morgan fingerprint density at radius 1 is 1.53 bits per heavy atom. The second kappa shape index (κ2) is 5.92. The number of carbonyl (C=O) groups is 2. The lowest BCUT2D eigenvalue weighted by molar-refractivity contribution is -0.138. The molecule has 6 nitrogen and oxygen atoms in total. The van der Waals surface area contributed by atoms with Gasteiger partial charge in [0.15, 0.2) is 5.69 Å². The van der Waals surface area contributed by atoms with E-state index in [0.717, 1.165) is 5.75 Å². The van der Waals surface area contributed by atoms with Crippen LogP contribution in [0, 0.1) is 0 Å². The van der Waals surface area contributed by atoms with Crippen molar-refractivity contribution in [1.82, 2.24) is 9.88 Å². The zero-order chi connectivity index (χ0) is 13.8. The van der Waals surface area contributed by atoms with E-state index in [-0.39, 0.29) is 23.9 Å². The van der Waals surface area contributed by atoms with Crippen molar-refractivity contribution in [2.24, 2.45) is 0 Å². The van der Waals surface area contributed by atoms with E-state index < -0.39 is 11.9 Å². The number of carbonyl (C=O) groups excluding carboxylic acids is 1. The van der Waals surface area contributed by atoms with Crippen molar-refractivity contribution in [2.45, 2.75) is 12.5 Å². The Kier molecular flexibility index (Phi) is 4.26. The third kappa shape index (κ3) is 3.17. The number of carboxylic acids is 1. The van der Waals surface area contributed by atoms with Gasteiger partial charge in [0.25, 0.3) is 5.91 Å². The molecule has 1 aliphatic heterocycles. The lowest BCUT2D eigenvalue weighted by atomic mass is 10.1. The standard InChI is InChI=1S/C12H14N2O4S/c15-9-2-1-3-13-11(9)12(18)14-4-5-19-7-8(14)6-10(16)17/h1-3,8,15H,4-7H2,(H,16,17). The molecule has 1 aromatic heterocycles. The van der Waals surface area contributed by atoms with Gasteiger partial charge < -0.3 is 15.1 Å². The van der Waals surface area contributed by atoms with Gasteiger partial charge in [0.05, 0.1) is 12.5 Å². The van der Waals surface area contributed by atoms with Crippen molar-refractivity contribution in [2.75, 3.05) is 18.1 Å². The first-order chi connectivity index (χ1) is 9.09. The summed E-state index contributed by atoms with van der Waals surface area (Å²) in [6, 6.07) is 2.57. The minimum absolute atomic E-state index is 0.0233. The number of rotatable bonds is 3. The van der Waals surface area contributed by atoms with Crippen molar-refractivity contribution in [3.63, 3.8) is 0 Å². The molecule has 1 fully saturated rings. The molecule has 0 spiro atoms. The third-order valence-electron chi connectivity index (χ3n) is 2.89. The highest BCUT2D eigenvalue weighted by Crippen LogP contribution is 2.23. The molecule has 0 radical (unpaired) electrons. The van der Waals surface area contributed by atoms with Gasteiger partial charge in [-0.15, -0.1) is 0 Å². The summed E-state index contributed by atoms with van der Waals surface area (Å²) in [5, 5.41) is 18.5. The Hall–Kier alpha value is -1.76. The summed E-state index contributed by atoms with van der Waals surface area (Å²) in [6.45, 7) is 0.470. The van der Waals surface area contributed by atoms with Crippen molar-refractivity contribution in [3.05, 3.63) is 24.0 Å². The van der Waals surface area contributed by atoms with E-state index in [2.05, 4.69) is 4.98 Å². The van der Waals surface area contributed by atoms with E-state index >= 15 is 0 Å². The normalized spacial score (nSPS) is 19.2. The van der Waals surface area contributed by atoms with Gasteiger partial charge in [-0.3, -0.25) is 9.59 Å². The molecule has 1 saturated heterocycles. The number of hydrogen-bond acceptors (Lipinski definition) is 5. The molecule has 19 heavy (non-hydrogen) atoms. The van der Waals surface area contributed by atoms with Gasteiger partial charge in [-0.05, 0) is 12.1 Å². The van der Waals surface area contributed by atoms with Crippen LogP contribution in [0.4, 0.5) is 0 Å². The molecule has 102 valence electrons. The van der Waals surface area contributed by atoms with Crippen LogP contribution < -0.4 is 0 Å². The summed E-state index contributed by atoms with van der Waals surface area (Å²) >= 11 is 1.63. The largest absolute Gasteiger partial charge is 0.505 e. The number of thioether (sulfide) groups is 1. The van der Waals surface area contributed by atoms with Gasteiger partial charge in [0.2, 0.25) is 0 Å². The molecule has 0 saturated carbocycles. The summed E-state index contributed by atoms with van der Waals surface area (Å²) in [7, 11) is 0. The summed E-state index contributed by atoms with van der Waals surface area (Å²) < 4.78 is 0. The third-order valence-corrected chi connectivity index (χ3v) is 3.98. The second-order valence-electron chi connectivity index (χ2n) is 4.20. The van der Waals surface area contributed by atoms with Crippen LogP contribution in [0.15, 0.2) is 18.3 Å². The summed E-state index contributed by atoms with van der Waals surface area (Å²) in [6.07, 6.45) is 1.34. The number of hydrogen-bond donors (Lipinski definition) is 2. The Labute approximate surface area is 114 Å². The van der Waals surface area contributed by atoms with Crippen LogP contribution in [0.5, 0.6) is 5.75 Å². The summed E-state index contributed by atoms with van der Waals surface area (Å²) in [5.41, 5.74) is -0.0233. The second-order valence-corrected chi connectivity index (χ2v) is 5.35. The molecular formula is C12H14N2O4S. The van der Waals surface area contributed by atoms with Gasteiger partial charge in [0.1, 0.15) is 5.75 Å². The van der Waals surface area contributed by atoms with Crippen molar-refractivity contribution in [1.29, 1.82) is 0 Å². The number of nitrogens with zero attached hydrogens (tertiary/aromatic N) is 2. The molecule has 1 aromatic rings. The smallest absolute Gasteiger partial charge is 0.305 e. The van der Waals surface area contributed by atoms with Crippen LogP contribution in [0.3, 0.4) is 0 Å². The SMILES string of the molecule is O=C(O)CC1CSCCN1C(=O)c1ncccc1O. The highest BCUT2D eigenvalue weighted by atomic mass is 32.2. The number of pyridine rings is 1. The van der Waals surface area contributed by atoms with Crippen molar-refractivity contribution in [3.8, 4) is 5.75 Å². The lowest BCUT2D eigenvalue weighted by Crippen LogP contribution is -2.47. The quantitative estimate of drug-likeness (QED) is 0.853. The van der Waals surface area contributed by atoms with Gasteiger partial charge in [-0.2, -0.15) is 11.8 Å². The molecule has 1 aliphatic rings. The maximum atomic E-state index is 12.3. The van der Waals surface area contributed by atoms with E-state index in [9.17, 15) is 14.7 Å². The highest BCUT2D eigenvalue weighted by Gasteiger charge is 2.31. The van der Waals surface area contributed by atoms with E-state index in [1.165, 1.54) is 23.2 Å². The molecule has 2 N–H and O–H groups in total. The predicted molar refractivity (Wildman–Crippen MR) is 70.3 cm³/mol. The zero-order valence-electron chi connectivity index (χ0n) is 10.2. The van der Waals surface area contributed by atoms with Crippen molar-refractivity contribution < 1.29 is 19.8 Å². The average Bonchev–Trinajstić information content (AvgIpc) is 2.38. The topological polar surface area (TPSA) is 90.7 Å². The average molecular weight is 282 g/mol. The fraction of sp³-hybridized carbons (Fsp3) is 0.417. The van der Waals surface area contributed by atoms with Crippen LogP contribution in [0.2, 0.25) is 0 Å². The van der Waals surface area contributed by atoms with Gasteiger partial charge in [0, 0.05) is 24.2 Å². The molecule has 1 atom stereocenters. The zero-order valence-corrected chi connectivity index (χ0v) is 11.0. The van der Waals surface area contributed by atoms with Crippen LogP contribution in [-0.2, 0) is 4.79 Å². The molecule has 0 bridgehead atoms. The number of amides is 1. The molecule has 1 unspecified atom stereocenters.